The highest BCUT2D eigenvalue weighted by Gasteiger charge is 2.11. The highest BCUT2D eigenvalue weighted by Crippen LogP contribution is 2.26. The lowest BCUT2D eigenvalue weighted by molar-refractivity contribution is 0.189. The molecule has 0 radical (unpaired) electrons. The Morgan fingerprint density at radius 3 is 2.84 bits per heavy atom. The predicted molar refractivity (Wildman–Crippen MR) is 69.8 cm³/mol. The minimum Gasteiger partial charge on any atom is -0.485 e. The molecule has 0 aliphatic heterocycles. The Bertz CT molecular complexity index is 549. The van der Waals surface area contributed by atoms with E-state index >= 15 is 0 Å². The van der Waals surface area contributed by atoms with E-state index in [1.807, 2.05) is 32.0 Å². The summed E-state index contributed by atoms with van der Waals surface area (Å²) in [4.78, 5) is 4.18. The second kappa shape index (κ2) is 5.84. The first-order valence-corrected chi connectivity index (χ1v) is 6.33. The van der Waals surface area contributed by atoms with Crippen LogP contribution in [0.4, 0.5) is 0 Å². The maximum atomic E-state index is 9.71. The summed E-state index contributed by atoms with van der Waals surface area (Å²) in [5.41, 5.74) is 1.83. The summed E-state index contributed by atoms with van der Waals surface area (Å²) >= 11 is 0. The van der Waals surface area contributed by atoms with Crippen LogP contribution in [-0.2, 0) is 13.0 Å². The molecule has 1 aromatic carbocycles. The van der Waals surface area contributed by atoms with Crippen molar-refractivity contribution >= 4 is 0 Å². The maximum absolute atomic E-state index is 9.71. The fraction of sp³-hybridized carbons (Fsp3) is 0.429. The largest absolute Gasteiger partial charge is 0.485 e. The molecule has 5 nitrogen and oxygen atoms in total. The van der Waals surface area contributed by atoms with Gasteiger partial charge in [-0.3, -0.25) is 0 Å². The molecule has 2 aromatic rings. The predicted octanol–water partition coefficient (Wildman–Crippen LogP) is 2.57. The van der Waals surface area contributed by atoms with Crippen LogP contribution in [-0.4, -0.2) is 15.2 Å². The molecule has 2 rings (SSSR count). The molecule has 0 saturated heterocycles. The average molecular weight is 262 g/mol. The third kappa shape index (κ3) is 3.32. The molecular weight excluding hydrogens is 244 g/mol. The first-order valence-electron chi connectivity index (χ1n) is 6.33. The van der Waals surface area contributed by atoms with Gasteiger partial charge in [0.25, 0.3) is 0 Å². The van der Waals surface area contributed by atoms with E-state index in [0.29, 0.717) is 23.9 Å². The van der Waals surface area contributed by atoms with Crippen LogP contribution < -0.4 is 4.74 Å². The van der Waals surface area contributed by atoms with Crippen LogP contribution in [0.5, 0.6) is 5.75 Å². The standard InChI is InChI=1S/C14H18N2O3/c1-4-14-15-13(16-19-14)8-18-12-7-9(2)5-6-11(12)10(3)17/h5-7,10,17H,4,8H2,1-3H3/t10-/m0/s1. The summed E-state index contributed by atoms with van der Waals surface area (Å²) in [5, 5.41) is 13.5. The highest BCUT2D eigenvalue weighted by atomic mass is 16.5. The van der Waals surface area contributed by atoms with Gasteiger partial charge in [0, 0.05) is 12.0 Å². The molecule has 0 aliphatic rings. The minimum absolute atomic E-state index is 0.229. The molecule has 0 spiro atoms. The van der Waals surface area contributed by atoms with Crippen molar-refractivity contribution in [1.82, 2.24) is 10.1 Å². The molecule has 0 aliphatic carbocycles. The van der Waals surface area contributed by atoms with Crippen LogP contribution in [0.2, 0.25) is 0 Å². The topological polar surface area (TPSA) is 68.4 Å². The van der Waals surface area contributed by atoms with Crippen LogP contribution in [0.15, 0.2) is 22.7 Å². The number of rotatable bonds is 5. The number of hydrogen-bond donors (Lipinski definition) is 1. The van der Waals surface area contributed by atoms with Gasteiger partial charge < -0.3 is 14.4 Å². The summed E-state index contributed by atoms with van der Waals surface area (Å²) in [7, 11) is 0. The Hall–Kier alpha value is -1.88. The van der Waals surface area contributed by atoms with E-state index in [-0.39, 0.29) is 6.61 Å². The minimum atomic E-state index is -0.577. The Labute approximate surface area is 112 Å². The molecule has 0 saturated carbocycles. The zero-order valence-corrected chi connectivity index (χ0v) is 11.4. The molecule has 1 heterocycles. The van der Waals surface area contributed by atoms with E-state index in [1.54, 1.807) is 6.92 Å². The van der Waals surface area contributed by atoms with E-state index in [9.17, 15) is 5.11 Å². The van der Waals surface area contributed by atoms with Crippen molar-refractivity contribution in [1.29, 1.82) is 0 Å². The molecule has 1 N–H and O–H groups in total. The Morgan fingerprint density at radius 1 is 1.42 bits per heavy atom. The Kier molecular flexibility index (Phi) is 4.16. The number of aromatic nitrogens is 2. The lowest BCUT2D eigenvalue weighted by Crippen LogP contribution is -2.02. The van der Waals surface area contributed by atoms with Crippen LogP contribution in [0.3, 0.4) is 0 Å². The summed E-state index contributed by atoms with van der Waals surface area (Å²) in [6.07, 6.45) is 0.128. The van der Waals surface area contributed by atoms with Crippen molar-refractivity contribution in [2.24, 2.45) is 0 Å². The van der Waals surface area contributed by atoms with E-state index in [2.05, 4.69) is 10.1 Å². The molecule has 0 unspecified atom stereocenters. The lowest BCUT2D eigenvalue weighted by atomic mass is 10.1. The van der Waals surface area contributed by atoms with Crippen molar-refractivity contribution in [3.05, 3.63) is 41.0 Å². The van der Waals surface area contributed by atoms with E-state index in [1.165, 1.54) is 0 Å². The summed E-state index contributed by atoms with van der Waals surface area (Å²) in [5.74, 6) is 1.76. The van der Waals surface area contributed by atoms with Crippen molar-refractivity contribution in [3.63, 3.8) is 0 Å². The zero-order valence-electron chi connectivity index (χ0n) is 11.4. The van der Waals surface area contributed by atoms with Crippen LogP contribution in [0.1, 0.15) is 42.8 Å². The molecule has 5 heteroatoms. The maximum Gasteiger partial charge on any atom is 0.226 e. The van der Waals surface area contributed by atoms with Gasteiger partial charge >= 0.3 is 0 Å². The van der Waals surface area contributed by atoms with Gasteiger partial charge in [-0.15, -0.1) is 0 Å². The van der Waals surface area contributed by atoms with Gasteiger partial charge in [0.15, 0.2) is 6.61 Å². The second-order valence-electron chi connectivity index (χ2n) is 4.46. The van der Waals surface area contributed by atoms with Crippen LogP contribution in [0, 0.1) is 6.92 Å². The third-order valence-corrected chi connectivity index (χ3v) is 2.79. The number of hydrogen-bond acceptors (Lipinski definition) is 5. The van der Waals surface area contributed by atoms with Gasteiger partial charge in [-0.25, -0.2) is 0 Å². The lowest BCUT2D eigenvalue weighted by Gasteiger charge is -2.13. The summed E-state index contributed by atoms with van der Waals surface area (Å²) in [6.45, 7) is 5.86. The van der Waals surface area contributed by atoms with Crippen molar-refractivity contribution in [3.8, 4) is 5.75 Å². The molecular formula is C14H18N2O3. The molecule has 0 fully saturated rings. The van der Waals surface area contributed by atoms with E-state index in [0.717, 1.165) is 11.1 Å². The highest BCUT2D eigenvalue weighted by molar-refractivity contribution is 5.38. The molecule has 102 valence electrons. The Balaban J connectivity index is 2.12. The molecule has 19 heavy (non-hydrogen) atoms. The molecule has 1 atom stereocenters. The van der Waals surface area contributed by atoms with Gasteiger partial charge in [0.2, 0.25) is 11.7 Å². The summed E-state index contributed by atoms with van der Waals surface area (Å²) < 4.78 is 10.7. The Morgan fingerprint density at radius 2 is 2.21 bits per heavy atom. The van der Waals surface area contributed by atoms with Gasteiger partial charge in [-0.1, -0.05) is 24.2 Å². The number of ether oxygens (including phenoxy) is 1. The first kappa shape index (κ1) is 13.5. The normalized spacial score (nSPS) is 12.4. The fourth-order valence-corrected chi connectivity index (χ4v) is 1.75. The second-order valence-corrected chi connectivity index (χ2v) is 4.46. The smallest absolute Gasteiger partial charge is 0.226 e. The summed E-state index contributed by atoms with van der Waals surface area (Å²) in [6, 6.07) is 5.70. The third-order valence-electron chi connectivity index (χ3n) is 2.79. The van der Waals surface area contributed by atoms with Gasteiger partial charge in [0.05, 0.1) is 6.10 Å². The number of benzene rings is 1. The number of nitrogens with zero attached hydrogens (tertiary/aromatic N) is 2. The number of aliphatic hydroxyl groups excluding tert-OH is 1. The van der Waals surface area contributed by atoms with Crippen molar-refractivity contribution < 1.29 is 14.4 Å². The molecule has 0 amide bonds. The fourth-order valence-electron chi connectivity index (χ4n) is 1.75. The molecule has 0 bridgehead atoms. The van der Waals surface area contributed by atoms with Gasteiger partial charge in [0.1, 0.15) is 5.75 Å². The SMILES string of the molecule is CCc1nc(COc2cc(C)ccc2[C@H](C)O)no1. The molecule has 1 aromatic heterocycles. The van der Waals surface area contributed by atoms with Crippen LogP contribution in [0.25, 0.3) is 0 Å². The monoisotopic (exact) mass is 262 g/mol. The van der Waals surface area contributed by atoms with Crippen molar-refractivity contribution in [2.45, 2.75) is 39.9 Å². The van der Waals surface area contributed by atoms with E-state index < -0.39 is 6.10 Å². The van der Waals surface area contributed by atoms with Crippen molar-refractivity contribution in [2.75, 3.05) is 0 Å². The zero-order chi connectivity index (χ0) is 13.8. The first-order chi connectivity index (χ1) is 9.10. The van der Waals surface area contributed by atoms with E-state index in [4.69, 9.17) is 9.26 Å². The average Bonchev–Trinajstić information content (AvgIpc) is 2.84. The number of aliphatic hydroxyl groups is 1. The number of aryl methyl sites for hydroxylation is 2. The van der Waals surface area contributed by atoms with Gasteiger partial charge in [-0.2, -0.15) is 4.98 Å². The quantitative estimate of drug-likeness (QED) is 0.896. The van der Waals surface area contributed by atoms with Gasteiger partial charge in [-0.05, 0) is 25.5 Å². The van der Waals surface area contributed by atoms with Crippen LogP contribution >= 0.6 is 0 Å².